The van der Waals surface area contributed by atoms with E-state index in [1.165, 1.54) is 16.8 Å². The summed E-state index contributed by atoms with van der Waals surface area (Å²) >= 11 is 0. The van der Waals surface area contributed by atoms with Gasteiger partial charge in [-0.3, -0.25) is 4.57 Å². The number of halogens is 1. The van der Waals surface area contributed by atoms with Crippen LogP contribution in [0.4, 0.5) is 10.2 Å². The summed E-state index contributed by atoms with van der Waals surface area (Å²) in [6, 6.07) is 1.46. The minimum Gasteiger partial charge on any atom is -0.383 e. The number of hydrogen-bond donors (Lipinski definition) is 1. The van der Waals surface area contributed by atoms with Crippen molar-refractivity contribution in [1.29, 1.82) is 0 Å². The van der Waals surface area contributed by atoms with Gasteiger partial charge in [0.25, 0.3) is 0 Å². The normalized spacial score (nSPS) is 35.9. The Morgan fingerprint density at radius 1 is 1.67 bits per heavy atom. The molecule has 0 spiro atoms. The molecule has 2 N–H and O–H groups in total. The first-order chi connectivity index (χ1) is 8.39. The molecule has 1 fully saturated rings. The summed E-state index contributed by atoms with van der Waals surface area (Å²) in [5.74, 6) is -0.159. The zero-order valence-corrected chi connectivity index (χ0v) is 10.8. The van der Waals surface area contributed by atoms with E-state index in [0.29, 0.717) is 6.42 Å². The lowest BCUT2D eigenvalue weighted by atomic mass is 9.87. The molecule has 1 aliphatic rings. The molecule has 5 nitrogen and oxygen atoms in total. The summed E-state index contributed by atoms with van der Waals surface area (Å²) in [5.41, 5.74) is 4.26. The second kappa shape index (κ2) is 4.35. The SMILES string of the molecule is CC[C@@]1(C)O[C@@H](n2ccc(N)nc2=O)[C@H](F)[C@@H]1C. The number of hydrogen-bond acceptors (Lipinski definition) is 4. The Labute approximate surface area is 105 Å². The molecule has 2 rings (SSSR count). The molecule has 1 aromatic rings. The Morgan fingerprint density at radius 3 is 2.83 bits per heavy atom. The lowest BCUT2D eigenvalue weighted by Crippen LogP contribution is -2.31. The van der Waals surface area contributed by atoms with Gasteiger partial charge in [0.05, 0.1) is 5.60 Å². The zero-order valence-electron chi connectivity index (χ0n) is 10.8. The van der Waals surface area contributed by atoms with E-state index in [-0.39, 0.29) is 11.7 Å². The molecule has 100 valence electrons. The lowest BCUT2D eigenvalue weighted by molar-refractivity contribution is -0.0808. The Kier molecular flexibility index (Phi) is 3.14. The maximum atomic E-state index is 14.3. The molecule has 1 saturated heterocycles. The number of alkyl halides is 1. The second-order valence-electron chi connectivity index (χ2n) is 4.95. The van der Waals surface area contributed by atoms with Crippen molar-refractivity contribution in [2.45, 2.75) is 45.2 Å². The van der Waals surface area contributed by atoms with Gasteiger partial charge in [-0.1, -0.05) is 13.8 Å². The third-order valence-corrected chi connectivity index (χ3v) is 3.93. The highest BCUT2D eigenvalue weighted by molar-refractivity contribution is 5.23. The molecule has 0 saturated carbocycles. The Morgan fingerprint density at radius 2 is 2.33 bits per heavy atom. The molecule has 2 heterocycles. The Hall–Kier alpha value is -1.43. The Bertz CT molecular complexity index is 504. The molecule has 4 atom stereocenters. The van der Waals surface area contributed by atoms with Gasteiger partial charge in [0.1, 0.15) is 5.82 Å². The van der Waals surface area contributed by atoms with E-state index in [1.54, 1.807) is 6.92 Å². The molecule has 0 unspecified atom stereocenters. The predicted molar refractivity (Wildman–Crippen MR) is 65.8 cm³/mol. The Balaban J connectivity index is 2.38. The van der Waals surface area contributed by atoms with Gasteiger partial charge in [0, 0.05) is 12.1 Å². The molecule has 1 aromatic heterocycles. The highest BCUT2D eigenvalue weighted by Gasteiger charge is 2.50. The fourth-order valence-corrected chi connectivity index (χ4v) is 2.27. The van der Waals surface area contributed by atoms with Crippen LogP contribution in [-0.2, 0) is 4.74 Å². The number of nitrogens with two attached hydrogens (primary N) is 1. The molecule has 0 aromatic carbocycles. The van der Waals surface area contributed by atoms with Crippen LogP contribution in [-0.4, -0.2) is 21.3 Å². The van der Waals surface area contributed by atoms with Gasteiger partial charge in [0.2, 0.25) is 0 Å². The number of rotatable bonds is 2. The highest BCUT2D eigenvalue weighted by atomic mass is 19.1. The van der Waals surface area contributed by atoms with Crippen molar-refractivity contribution in [1.82, 2.24) is 9.55 Å². The van der Waals surface area contributed by atoms with E-state index in [1.807, 2.05) is 13.8 Å². The van der Waals surface area contributed by atoms with Gasteiger partial charge in [0.15, 0.2) is 12.4 Å². The van der Waals surface area contributed by atoms with E-state index < -0.39 is 23.7 Å². The van der Waals surface area contributed by atoms with Gasteiger partial charge >= 0.3 is 5.69 Å². The molecule has 6 heteroatoms. The van der Waals surface area contributed by atoms with Crippen LogP contribution in [0.3, 0.4) is 0 Å². The van der Waals surface area contributed by atoms with Crippen LogP contribution in [0.5, 0.6) is 0 Å². The van der Waals surface area contributed by atoms with Gasteiger partial charge in [-0.25, -0.2) is 9.18 Å². The van der Waals surface area contributed by atoms with Gasteiger partial charge in [-0.05, 0) is 19.4 Å². The summed E-state index contributed by atoms with van der Waals surface area (Å²) < 4.78 is 21.2. The van der Waals surface area contributed by atoms with Crippen LogP contribution in [0.15, 0.2) is 17.1 Å². The van der Waals surface area contributed by atoms with E-state index in [2.05, 4.69) is 4.98 Å². The number of aromatic nitrogens is 2. The molecule has 0 aliphatic carbocycles. The summed E-state index contributed by atoms with van der Waals surface area (Å²) in [6.45, 7) is 5.60. The van der Waals surface area contributed by atoms with Crippen molar-refractivity contribution >= 4 is 5.82 Å². The highest BCUT2D eigenvalue weighted by Crippen LogP contribution is 2.44. The fraction of sp³-hybridized carbons (Fsp3) is 0.667. The van der Waals surface area contributed by atoms with E-state index in [9.17, 15) is 9.18 Å². The summed E-state index contributed by atoms with van der Waals surface area (Å²) in [7, 11) is 0. The van der Waals surface area contributed by atoms with Crippen LogP contribution in [0, 0.1) is 5.92 Å². The van der Waals surface area contributed by atoms with Crippen molar-refractivity contribution in [3.63, 3.8) is 0 Å². The first-order valence-corrected chi connectivity index (χ1v) is 6.05. The van der Waals surface area contributed by atoms with Crippen molar-refractivity contribution in [2.24, 2.45) is 5.92 Å². The molecule has 0 bridgehead atoms. The maximum Gasteiger partial charge on any atom is 0.351 e. The third kappa shape index (κ3) is 1.90. The average molecular weight is 255 g/mol. The third-order valence-electron chi connectivity index (χ3n) is 3.93. The number of nitrogen functional groups attached to an aromatic ring is 1. The largest absolute Gasteiger partial charge is 0.383 e. The van der Waals surface area contributed by atoms with Crippen LogP contribution < -0.4 is 11.4 Å². The minimum atomic E-state index is -1.24. The summed E-state index contributed by atoms with van der Waals surface area (Å²) in [4.78, 5) is 15.3. The average Bonchev–Trinajstić information content (AvgIpc) is 2.55. The van der Waals surface area contributed by atoms with E-state index >= 15 is 0 Å². The van der Waals surface area contributed by atoms with E-state index in [0.717, 1.165) is 0 Å². The second-order valence-corrected chi connectivity index (χ2v) is 4.95. The van der Waals surface area contributed by atoms with Gasteiger partial charge in [-0.15, -0.1) is 0 Å². The molecular weight excluding hydrogens is 237 g/mol. The first-order valence-electron chi connectivity index (χ1n) is 6.05. The standard InChI is InChI=1S/C12H18FN3O2/c1-4-12(3)7(2)9(13)10(18-12)16-6-5-8(14)15-11(16)17/h5-7,9-10H,4H2,1-3H3,(H2,14,15,17)/t7-,9+,10+,12+/m0/s1. The molecule has 18 heavy (non-hydrogen) atoms. The smallest absolute Gasteiger partial charge is 0.351 e. The van der Waals surface area contributed by atoms with Crippen LogP contribution >= 0.6 is 0 Å². The first kappa shape index (κ1) is 13.0. The number of ether oxygens (including phenoxy) is 1. The lowest BCUT2D eigenvalue weighted by Gasteiger charge is -2.26. The molecular formula is C12H18FN3O2. The van der Waals surface area contributed by atoms with Crippen molar-refractivity contribution in [3.8, 4) is 0 Å². The predicted octanol–water partition coefficient (Wildman–Crippen LogP) is 1.50. The number of nitrogens with zero attached hydrogens (tertiary/aromatic N) is 2. The minimum absolute atomic E-state index is 0.121. The van der Waals surface area contributed by atoms with Gasteiger partial charge < -0.3 is 10.5 Å². The quantitative estimate of drug-likeness (QED) is 0.869. The summed E-state index contributed by atoms with van der Waals surface area (Å²) in [5, 5.41) is 0. The van der Waals surface area contributed by atoms with Crippen LogP contribution in [0.25, 0.3) is 0 Å². The zero-order chi connectivity index (χ0) is 13.5. The van der Waals surface area contributed by atoms with Crippen LogP contribution in [0.1, 0.15) is 33.4 Å². The maximum absolute atomic E-state index is 14.3. The van der Waals surface area contributed by atoms with Crippen molar-refractivity contribution < 1.29 is 9.13 Å². The number of anilines is 1. The molecule has 0 radical (unpaired) electrons. The van der Waals surface area contributed by atoms with E-state index in [4.69, 9.17) is 10.5 Å². The topological polar surface area (TPSA) is 70.1 Å². The summed E-state index contributed by atoms with van der Waals surface area (Å²) in [6.07, 6.45) is -0.0539. The van der Waals surface area contributed by atoms with Crippen molar-refractivity contribution in [2.75, 3.05) is 5.73 Å². The fourth-order valence-electron chi connectivity index (χ4n) is 2.27. The molecule has 1 aliphatic heterocycles. The monoisotopic (exact) mass is 255 g/mol. The van der Waals surface area contributed by atoms with Crippen molar-refractivity contribution in [3.05, 3.63) is 22.7 Å². The van der Waals surface area contributed by atoms with Crippen LogP contribution in [0.2, 0.25) is 0 Å². The van der Waals surface area contributed by atoms with Gasteiger partial charge in [-0.2, -0.15) is 4.98 Å². The molecule has 0 amide bonds.